The Bertz CT molecular complexity index is 706. The van der Waals surface area contributed by atoms with Crippen LogP contribution in [0.3, 0.4) is 0 Å². The zero-order chi connectivity index (χ0) is 16.6. The fourth-order valence-electron chi connectivity index (χ4n) is 3.67. The molecule has 0 amide bonds. The summed E-state index contributed by atoms with van der Waals surface area (Å²) >= 11 is 2.48. The van der Waals surface area contributed by atoms with Gasteiger partial charge in [0.25, 0.3) is 0 Å². The second-order valence-corrected chi connectivity index (χ2v) is 7.78. The van der Waals surface area contributed by atoms with Crippen molar-refractivity contribution in [1.82, 2.24) is 4.57 Å². The van der Waals surface area contributed by atoms with Crippen molar-refractivity contribution in [2.75, 3.05) is 4.43 Å². The Morgan fingerprint density at radius 2 is 1.04 bits per heavy atom. The molecule has 0 spiro atoms. The maximum atomic E-state index is 2.52. The third kappa shape index (κ3) is 4.33. The number of hydrogen-bond donors (Lipinski definition) is 0. The first-order chi connectivity index (χ1) is 11.9. The van der Waals surface area contributed by atoms with Crippen molar-refractivity contribution in [1.29, 1.82) is 0 Å². The second-order valence-electron chi connectivity index (χ2n) is 6.70. The summed E-state index contributed by atoms with van der Waals surface area (Å²) in [5.74, 6) is 0. The molecule has 3 rings (SSSR count). The van der Waals surface area contributed by atoms with Gasteiger partial charge in [0, 0.05) is 28.4 Å². The van der Waals surface area contributed by atoms with Gasteiger partial charge in [-0.2, -0.15) is 0 Å². The predicted molar refractivity (Wildman–Crippen MR) is 115 cm³/mol. The van der Waals surface area contributed by atoms with E-state index in [4.69, 9.17) is 0 Å². The monoisotopic (exact) mass is 433 g/mol. The number of para-hydroxylation sites is 2. The molecule has 0 bridgehead atoms. The number of unbranched alkanes of at least 4 members (excludes halogenated alkanes) is 7. The minimum absolute atomic E-state index is 1.14. The Morgan fingerprint density at radius 3 is 1.58 bits per heavy atom. The Balaban J connectivity index is 1.54. The van der Waals surface area contributed by atoms with E-state index in [0.29, 0.717) is 0 Å². The number of hydrogen-bond acceptors (Lipinski definition) is 0. The van der Waals surface area contributed by atoms with Crippen LogP contribution in [0.15, 0.2) is 48.5 Å². The molecule has 0 radical (unpaired) electrons. The Morgan fingerprint density at radius 1 is 0.583 bits per heavy atom. The van der Waals surface area contributed by atoms with Crippen LogP contribution < -0.4 is 0 Å². The number of aryl methyl sites for hydroxylation is 1. The van der Waals surface area contributed by atoms with Crippen molar-refractivity contribution in [2.45, 2.75) is 57.9 Å². The smallest absolute Gasteiger partial charge is 0.0491 e. The lowest BCUT2D eigenvalue weighted by Crippen LogP contribution is -1.97. The van der Waals surface area contributed by atoms with Crippen molar-refractivity contribution in [3.8, 4) is 0 Å². The minimum Gasteiger partial charge on any atom is -0.340 e. The molecular weight excluding hydrogens is 405 g/mol. The van der Waals surface area contributed by atoms with E-state index in [9.17, 15) is 0 Å². The Kier molecular flexibility index (Phi) is 7.00. The Hall–Kier alpha value is -1.03. The lowest BCUT2D eigenvalue weighted by molar-refractivity contribution is 0.554. The maximum Gasteiger partial charge on any atom is 0.0491 e. The molecule has 0 N–H and O–H groups in total. The molecule has 0 saturated heterocycles. The highest BCUT2D eigenvalue weighted by Crippen LogP contribution is 2.29. The van der Waals surface area contributed by atoms with E-state index in [1.165, 1.54) is 77.6 Å². The van der Waals surface area contributed by atoms with E-state index in [1.807, 2.05) is 0 Å². The SMILES string of the molecule is ICCCCCCCCCCn1c2ccccc2c2ccccc21. The normalized spacial score (nSPS) is 11.5. The molecule has 0 saturated carbocycles. The lowest BCUT2D eigenvalue weighted by atomic mass is 10.1. The average Bonchev–Trinajstić information content (AvgIpc) is 2.95. The minimum atomic E-state index is 1.14. The molecule has 0 atom stereocenters. The maximum absolute atomic E-state index is 2.52. The highest BCUT2D eigenvalue weighted by atomic mass is 127. The summed E-state index contributed by atoms with van der Waals surface area (Å²) < 4.78 is 3.83. The van der Waals surface area contributed by atoms with Gasteiger partial charge in [0.2, 0.25) is 0 Å². The standard InChI is InChI=1S/C22H28IN/c23-17-11-5-3-1-2-4-6-12-18-24-21-15-9-7-13-19(21)20-14-8-10-16-22(20)24/h7-10,13-16H,1-6,11-12,17-18H2. The van der Waals surface area contributed by atoms with Gasteiger partial charge in [-0.15, -0.1) is 0 Å². The topological polar surface area (TPSA) is 4.93 Å². The van der Waals surface area contributed by atoms with Gasteiger partial charge >= 0.3 is 0 Å². The van der Waals surface area contributed by atoms with Gasteiger partial charge in [-0.05, 0) is 29.4 Å². The zero-order valence-electron chi connectivity index (χ0n) is 14.5. The summed E-state index contributed by atoms with van der Waals surface area (Å²) in [4.78, 5) is 0. The van der Waals surface area contributed by atoms with Crippen molar-refractivity contribution in [3.63, 3.8) is 0 Å². The summed E-state index contributed by atoms with van der Waals surface area (Å²) in [7, 11) is 0. The van der Waals surface area contributed by atoms with E-state index in [1.54, 1.807) is 0 Å². The zero-order valence-corrected chi connectivity index (χ0v) is 16.7. The number of fused-ring (bicyclic) bond motifs is 3. The molecule has 2 heteroatoms. The highest BCUT2D eigenvalue weighted by Gasteiger charge is 2.08. The summed E-state index contributed by atoms with van der Waals surface area (Å²) in [6.07, 6.45) is 11.1. The first-order valence-corrected chi connectivity index (χ1v) is 11.0. The molecule has 1 heterocycles. The van der Waals surface area contributed by atoms with Crippen LogP contribution in [0.25, 0.3) is 21.8 Å². The van der Waals surface area contributed by atoms with Gasteiger partial charge in [0.05, 0.1) is 0 Å². The lowest BCUT2D eigenvalue weighted by Gasteiger charge is -2.07. The van der Waals surface area contributed by atoms with E-state index >= 15 is 0 Å². The van der Waals surface area contributed by atoms with E-state index < -0.39 is 0 Å². The highest BCUT2D eigenvalue weighted by molar-refractivity contribution is 14.1. The average molecular weight is 433 g/mol. The van der Waals surface area contributed by atoms with Crippen LogP contribution in [-0.4, -0.2) is 8.99 Å². The molecule has 2 aromatic carbocycles. The van der Waals surface area contributed by atoms with Crippen LogP contribution in [0.4, 0.5) is 0 Å². The molecule has 1 aromatic heterocycles. The van der Waals surface area contributed by atoms with Crippen LogP contribution in [0.5, 0.6) is 0 Å². The van der Waals surface area contributed by atoms with E-state index in [-0.39, 0.29) is 0 Å². The number of aromatic nitrogens is 1. The summed E-state index contributed by atoms with van der Waals surface area (Å²) in [5.41, 5.74) is 2.77. The molecule has 0 aliphatic carbocycles. The first-order valence-electron chi connectivity index (χ1n) is 9.44. The van der Waals surface area contributed by atoms with Gasteiger partial charge in [-0.3, -0.25) is 0 Å². The van der Waals surface area contributed by atoms with E-state index in [2.05, 4.69) is 75.7 Å². The third-order valence-corrected chi connectivity index (χ3v) is 5.71. The second kappa shape index (κ2) is 9.45. The van der Waals surface area contributed by atoms with Crippen LogP contribution in [0, 0.1) is 0 Å². The summed E-state index contributed by atoms with van der Waals surface area (Å²) in [5, 5.41) is 2.78. The van der Waals surface area contributed by atoms with Crippen molar-refractivity contribution < 1.29 is 0 Å². The number of halogens is 1. The first kappa shape index (κ1) is 17.8. The van der Waals surface area contributed by atoms with Crippen LogP contribution in [0.1, 0.15) is 51.4 Å². The fraction of sp³-hybridized carbons (Fsp3) is 0.455. The summed E-state index contributed by atoms with van der Waals surface area (Å²) in [6.45, 7) is 1.14. The van der Waals surface area contributed by atoms with Gasteiger partial charge in [-0.1, -0.05) is 97.5 Å². The molecule has 0 aliphatic rings. The van der Waals surface area contributed by atoms with Crippen LogP contribution >= 0.6 is 22.6 Å². The molecule has 0 unspecified atom stereocenters. The fourth-order valence-corrected chi connectivity index (χ4v) is 4.21. The van der Waals surface area contributed by atoms with Crippen molar-refractivity contribution in [3.05, 3.63) is 48.5 Å². The van der Waals surface area contributed by atoms with Gasteiger partial charge in [0.15, 0.2) is 0 Å². The molecule has 0 fully saturated rings. The number of rotatable bonds is 10. The molecule has 128 valence electrons. The third-order valence-electron chi connectivity index (χ3n) is 4.95. The molecule has 1 nitrogen and oxygen atoms in total. The molecule has 0 aliphatic heterocycles. The molecular formula is C22H28IN. The Labute approximate surface area is 159 Å². The number of alkyl halides is 1. The van der Waals surface area contributed by atoms with Crippen LogP contribution in [0.2, 0.25) is 0 Å². The number of nitrogens with zero attached hydrogens (tertiary/aromatic N) is 1. The molecule has 24 heavy (non-hydrogen) atoms. The molecule has 3 aromatic rings. The van der Waals surface area contributed by atoms with Gasteiger partial charge < -0.3 is 4.57 Å². The predicted octanol–water partition coefficient (Wildman–Crippen LogP) is 7.35. The largest absolute Gasteiger partial charge is 0.340 e. The van der Waals surface area contributed by atoms with Gasteiger partial charge in [0.1, 0.15) is 0 Å². The van der Waals surface area contributed by atoms with Crippen molar-refractivity contribution in [2.24, 2.45) is 0 Å². The summed E-state index contributed by atoms with van der Waals surface area (Å²) in [6, 6.07) is 17.7. The van der Waals surface area contributed by atoms with Gasteiger partial charge in [-0.25, -0.2) is 0 Å². The van der Waals surface area contributed by atoms with E-state index in [0.717, 1.165) is 6.54 Å². The quantitative estimate of drug-likeness (QED) is 0.179. The van der Waals surface area contributed by atoms with Crippen LogP contribution in [-0.2, 0) is 6.54 Å². The number of benzene rings is 2. The van der Waals surface area contributed by atoms with Crippen molar-refractivity contribution >= 4 is 44.4 Å².